The third-order valence-corrected chi connectivity index (χ3v) is 3.80. The lowest BCUT2D eigenvalue weighted by Gasteiger charge is -2.26. The SMILES string of the molecule is CC(C)n1cc(NC(=O)NC2CCC(C(=O)O)CC2)cn1. The first-order valence-electron chi connectivity index (χ1n) is 7.30. The Labute approximate surface area is 123 Å². The number of hydrogen-bond acceptors (Lipinski definition) is 3. The van der Waals surface area contributed by atoms with E-state index in [9.17, 15) is 9.59 Å². The van der Waals surface area contributed by atoms with Crippen LogP contribution in [0.4, 0.5) is 10.5 Å². The Morgan fingerprint density at radius 1 is 1.33 bits per heavy atom. The van der Waals surface area contributed by atoms with E-state index in [-0.39, 0.29) is 24.0 Å². The first-order chi connectivity index (χ1) is 9.95. The van der Waals surface area contributed by atoms with Gasteiger partial charge in [0.1, 0.15) is 0 Å². The standard InChI is InChI=1S/C14H22N4O3/c1-9(2)18-8-12(7-15-18)17-14(21)16-11-5-3-10(4-6-11)13(19)20/h7-11H,3-6H2,1-2H3,(H,19,20)(H2,16,17,21). The van der Waals surface area contributed by atoms with Crippen molar-refractivity contribution in [2.45, 2.75) is 51.6 Å². The molecule has 0 unspecified atom stereocenters. The number of nitrogens with zero attached hydrogens (tertiary/aromatic N) is 2. The van der Waals surface area contributed by atoms with Crippen molar-refractivity contribution in [3.63, 3.8) is 0 Å². The topological polar surface area (TPSA) is 96.2 Å². The molecule has 1 fully saturated rings. The minimum absolute atomic E-state index is 0.0424. The lowest BCUT2D eigenvalue weighted by molar-refractivity contribution is -0.142. The van der Waals surface area contributed by atoms with Gasteiger partial charge in [0.05, 0.1) is 17.8 Å². The Balaban J connectivity index is 1.78. The van der Waals surface area contributed by atoms with Crippen LogP contribution in [-0.2, 0) is 4.79 Å². The number of carbonyl (C=O) groups is 2. The Morgan fingerprint density at radius 3 is 2.52 bits per heavy atom. The molecule has 0 saturated heterocycles. The Kier molecular flexibility index (Phi) is 4.82. The molecule has 21 heavy (non-hydrogen) atoms. The fourth-order valence-electron chi connectivity index (χ4n) is 2.52. The molecule has 0 aromatic carbocycles. The number of aliphatic carboxylic acids is 1. The van der Waals surface area contributed by atoms with E-state index in [1.807, 2.05) is 13.8 Å². The molecular weight excluding hydrogens is 272 g/mol. The minimum Gasteiger partial charge on any atom is -0.481 e. The van der Waals surface area contributed by atoms with E-state index in [0.717, 1.165) is 0 Å². The average molecular weight is 294 g/mol. The summed E-state index contributed by atoms with van der Waals surface area (Å²) in [6, 6.07) is 0.0210. The van der Waals surface area contributed by atoms with Gasteiger partial charge in [-0.3, -0.25) is 9.48 Å². The summed E-state index contributed by atoms with van der Waals surface area (Å²) in [5, 5.41) is 18.7. The van der Waals surface area contributed by atoms with Crippen molar-refractivity contribution >= 4 is 17.7 Å². The number of anilines is 1. The van der Waals surface area contributed by atoms with Crippen LogP contribution in [0.5, 0.6) is 0 Å². The Morgan fingerprint density at radius 2 is 2.00 bits per heavy atom. The van der Waals surface area contributed by atoms with Gasteiger partial charge in [0.25, 0.3) is 0 Å². The van der Waals surface area contributed by atoms with Gasteiger partial charge in [-0.05, 0) is 39.5 Å². The summed E-state index contributed by atoms with van der Waals surface area (Å²) in [6.45, 7) is 4.02. The van der Waals surface area contributed by atoms with E-state index in [1.165, 1.54) is 0 Å². The van der Waals surface area contributed by atoms with Gasteiger partial charge in [-0.2, -0.15) is 5.10 Å². The first-order valence-corrected chi connectivity index (χ1v) is 7.30. The molecule has 0 spiro atoms. The molecule has 0 radical (unpaired) electrons. The molecule has 1 aromatic rings. The summed E-state index contributed by atoms with van der Waals surface area (Å²) in [4.78, 5) is 22.8. The van der Waals surface area contributed by atoms with Crippen molar-refractivity contribution in [2.75, 3.05) is 5.32 Å². The van der Waals surface area contributed by atoms with Crippen molar-refractivity contribution in [1.29, 1.82) is 0 Å². The van der Waals surface area contributed by atoms with Gasteiger partial charge < -0.3 is 15.7 Å². The molecule has 3 N–H and O–H groups in total. The fourth-order valence-corrected chi connectivity index (χ4v) is 2.52. The van der Waals surface area contributed by atoms with Crippen molar-refractivity contribution in [3.8, 4) is 0 Å². The molecule has 1 saturated carbocycles. The molecule has 0 aliphatic heterocycles. The highest BCUT2D eigenvalue weighted by Gasteiger charge is 2.26. The number of carboxylic acid groups (broad SMARTS) is 1. The highest BCUT2D eigenvalue weighted by Crippen LogP contribution is 2.24. The molecule has 2 amide bonds. The summed E-state index contributed by atoms with van der Waals surface area (Å²) < 4.78 is 1.77. The van der Waals surface area contributed by atoms with Crippen LogP contribution in [0.3, 0.4) is 0 Å². The summed E-state index contributed by atoms with van der Waals surface area (Å²) in [5.74, 6) is -1.01. The summed E-state index contributed by atoms with van der Waals surface area (Å²) in [7, 11) is 0. The number of rotatable bonds is 4. The quantitative estimate of drug-likeness (QED) is 0.793. The molecular formula is C14H22N4O3. The van der Waals surface area contributed by atoms with Gasteiger partial charge in [0.2, 0.25) is 0 Å². The lowest BCUT2D eigenvalue weighted by atomic mass is 9.86. The largest absolute Gasteiger partial charge is 0.481 e. The third kappa shape index (κ3) is 4.21. The van der Waals surface area contributed by atoms with Gasteiger partial charge in [-0.25, -0.2) is 4.79 Å². The van der Waals surface area contributed by atoms with Gasteiger partial charge in [-0.15, -0.1) is 0 Å². The predicted molar refractivity (Wildman–Crippen MR) is 78.1 cm³/mol. The highest BCUT2D eigenvalue weighted by molar-refractivity contribution is 5.89. The number of hydrogen-bond donors (Lipinski definition) is 3. The molecule has 7 heteroatoms. The molecule has 1 aliphatic carbocycles. The number of amides is 2. The van der Waals surface area contributed by atoms with E-state index in [2.05, 4.69) is 15.7 Å². The number of aromatic nitrogens is 2. The average Bonchev–Trinajstić information content (AvgIpc) is 2.87. The molecule has 1 heterocycles. The smallest absolute Gasteiger partial charge is 0.319 e. The Bertz CT molecular complexity index is 504. The second-order valence-electron chi connectivity index (χ2n) is 5.79. The second kappa shape index (κ2) is 6.60. The van der Waals surface area contributed by atoms with Crippen LogP contribution in [0.2, 0.25) is 0 Å². The predicted octanol–water partition coefficient (Wildman–Crippen LogP) is 2.23. The van der Waals surface area contributed by atoms with E-state index >= 15 is 0 Å². The van der Waals surface area contributed by atoms with Gasteiger partial charge in [-0.1, -0.05) is 0 Å². The van der Waals surface area contributed by atoms with Crippen molar-refractivity contribution in [2.24, 2.45) is 5.92 Å². The van der Waals surface area contributed by atoms with E-state index in [4.69, 9.17) is 5.11 Å². The minimum atomic E-state index is -0.737. The zero-order valence-corrected chi connectivity index (χ0v) is 12.4. The maximum Gasteiger partial charge on any atom is 0.319 e. The molecule has 2 rings (SSSR count). The van der Waals surface area contributed by atoms with E-state index in [0.29, 0.717) is 31.4 Å². The number of nitrogens with one attached hydrogen (secondary N) is 2. The Hall–Kier alpha value is -2.05. The maximum atomic E-state index is 11.9. The van der Waals surface area contributed by atoms with Crippen LogP contribution in [-0.4, -0.2) is 32.9 Å². The van der Waals surface area contributed by atoms with Crippen LogP contribution in [0.1, 0.15) is 45.6 Å². The lowest BCUT2D eigenvalue weighted by Crippen LogP contribution is -2.40. The van der Waals surface area contributed by atoms with Gasteiger partial charge >= 0.3 is 12.0 Å². The van der Waals surface area contributed by atoms with E-state index < -0.39 is 5.97 Å². The number of urea groups is 1. The third-order valence-electron chi connectivity index (χ3n) is 3.80. The van der Waals surface area contributed by atoms with Crippen molar-refractivity contribution in [3.05, 3.63) is 12.4 Å². The molecule has 0 bridgehead atoms. The molecule has 116 valence electrons. The second-order valence-corrected chi connectivity index (χ2v) is 5.79. The normalized spacial score (nSPS) is 22.0. The molecule has 0 atom stereocenters. The monoisotopic (exact) mass is 294 g/mol. The van der Waals surface area contributed by atoms with Crippen LogP contribution < -0.4 is 10.6 Å². The van der Waals surface area contributed by atoms with Crippen LogP contribution >= 0.6 is 0 Å². The van der Waals surface area contributed by atoms with E-state index in [1.54, 1.807) is 17.1 Å². The number of carboxylic acids is 1. The molecule has 7 nitrogen and oxygen atoms in total. The zero-order valence-electron chi connectivity index (χ0n) is 12.4. The summed E-state index contributed by atoms with van der Waals surface area (Å²) >= 11 is 0. The zero-order chi connectivity index (χ0) is 15.4. The first kappa shape index (κ1) is 15.3. The summed E-state index contributed by atoms with van der Waals surface area (Å²) in [6.07, 6.45) is 6.04. The molecule has 1 aliphatic rings. The van der Waals surface area contributed by atoms with Gasteiger partial charge in [0, 0.05) is 18.3 Å². The van der Waals surface area contributed by atoms with Crippen LogP contribution in [0.25, 0.3) is 0 Å². The van der Waals surface area contributed by atoms with Crippen molar-refractivity contribution in [1.82, 2.24) is 15.1 Å². The molecule has 1 aromatic heterocycles. The fraction of sp³-hybridized carbons (Fsp3) is 0.643. The maximum absolute atomic E-state index is 11.9. The van der Waals surface area contributed by atoms with Crippen LogP contribution in [0.15, 0.2) is 12.4 Å². The highest BCUT2D eigenvalue weighted by atomic mass is 16.4. The van der Waals surface area contributed by atoms with Gasteiger partial charge in [0.15, 0.2) is 0 Å². The van der Waals surface area contributed by atoms with Crippen LogP contribution in [0, 0.1) is 5.92 Å². The summed E-state index contributed by atoms with van der Waals surface area (Å²) in [5.41, 5.74) is 0.653. The van der Waals surface area contributed by atoms with Crippen molar-refractivity contribution < 1.29 is 14.7 Å². The number of carbonyl (C=O) groups excluding carboxylic acids is 1.